The van der Waals surface area contributed by atoms with E-state index in [0.29, 0.717) is 27.4 Å². The van der Waals surface area contributed by atoms with Crippen molar-refractivity contribution in [2.24, 2.45) is 10.2 Å². The second-order valence-corrected chi connectivity index (χ2v) is 9.35. The number of carbonyl (C=O) groups excluding carboxylic acids is 1. The van der Waals surface area contributed by atoms with Crippen LogP contribution < -0.4 is 10.9 Å². The second kappa shape index (κ2) is 8.87. The van der Waals surface area contributed by atoms with E-state index in [0.717, 1.165) is 33.0 Å². The van der Waals surface area contributed by atoms with E-state index in [4.69, 9.17) is 20.4 Å². The standard InChI is InChI=1S/C31H18ClN3O3/c32-20-12-10-19(11-13-20)25-17-37-27-16-28-23(14-24(25)27)22(18-6-2-1-3-7-18)15-29(38-28)34-35-30-21-8-4-5-9-26(21)33-31(30)36/h1-17H,(H,33,35,36). The average Bonchev–Trinajstić information content (AvgIpc) is 3.50. The lowest BCUT2D eigenvalue weighted by molar-refractivity contribution is -0.110. The SMILES string of the molecule is O=C1Nc2ccccc2/C1=N/N=c1cc(-c2ccccc2)c2cc3c(-c4ccc(Cl)cc4)coc3cc2o1. The Kier molecular flexibility index (Phi) is 5.20. The minimum Gasteiger partial charge on any atom is -0.464 e. The van der Waals surface area contributed by atoms with E-state index in [-0.39, 0.29) is 17.2 Å². The number of hydrogen-bond acceptors (Lipinski definition) is 5. The normalized spacial score (nSPS) is 14.4. The lowest BCUT2D eigenvalue weighted by atomic mass is 9.98. The number of furan rings is 1. The van der Waals surface area contributed by atoms with E-state index in [1.165, 1.54) is 0 Å². The fraction of sp³-hybridized carbons (Fsp3) is 0. The molecule has 0 atom stereocenters. The third-order valence-corrected chi connectivity index (χ3v) is 6.83. The first kappa shape index (κ1) is 22.3. The van der Waals surface area contributed by atoms with Crippen LogP contribution in [0, 0.1) is 0 Å². The highest BCUT2D eigenvalue weighted by Crippen LogP contribution is 2.36. The zero-order valence-corrected chi connectivity index (χ0v) is 20.6. The van der Waals surface area contributed by atoms with Gasteiger partial charge in [0.2, 0.25) is 5.55 Å². The molecule has 0 unspecified atom stereocenters. The van der Waals surface area contributed by atoms with Crippen molar-refractivity contribution in [3.8, 4) is 22.3 Å². The zero-order valence-electron chi connectivity index (χ0n) is 19.8. The highest BCUT2D eigenvalue weighted by molar-refractivity contribution is 6.53. The molecule has 1 amide bonds. The number of para-hydroxylation sites is 1. The molecule has 6 aromatic rings. The number of fused-ring (bicyclic) bond motifs is 3. The summed E-state index contributed by atoms with van der Waals surface area (Å²) in [6.07, 6.45) is 1.74. The lowest BCUT2D eigenvalue weighted by Crippen LogP contribution is -2.14. The van der Waals surface area contributed by atoms with Gasteiger partial charge in [0.25, 0.3) is 5.91 Å². The maximum atomic E-state index is 12.5. The number of amides is 1. The Bertz CT molecular complexity index is 1970. The topological polar surface area (TPSA) is 80.1 Å². The van der Waals surface area contributed by atoms with Crippen LogP contribution in [0.15, 0.2) is 122 Å². The number of halogens is 1. The van der Waals surface area contributed by atoms with Gasteiger partial charge in [0.05, 0.1) is 12.0 Å². The summed E-state index contributed by atoms with van der Waals surface area (Å²) in [4.78, 5) is 12.5. The van der Waals surface area contributed by atoms with E-state index in [1.54, 1.807) is 6.26 Å². The fourth-order valence-electron chi connectivity index (χ4n) is 4.75. The van der Waals surface area contributed by atoms with Crippen molar-refractivity contribution in [3.05, 3.63) is 119 Å². The zero-order chi connectivity index (χ0) is 25.6. The molecule has 0 radical (unpaired) electrons. The van der Waals surface area contributed by atoms with E-state index in [9.17, 15) is 4.79 Å². The number of nitrogens with one attached hydrogen (secondary N) is 1. The monoisotopic (exact) mass is 515 g/mol. The molecule has 0 fully saturated rings. The highest BCUT2D eigenvalue weighted by Gasteiger charge is 2.25. The van der Waals surface area contributed by atoms with Gasteiger partial charge < -0.3 is 14.2 Å². The van der Waals surface area contributed by atoms with Crippen LogP contribution in [0.4, 0.5) is 5.69 Å². The van der Waals surface area contributed by atoms with Gasteiger partial charge in [0, 0.05) is 39.1 Å². The molecule has 1 N–H and O–H groups in total. The molecule has 38 heavy (non-hydrogen) atoms. The Morgan fingerprint density at radius 3 is 2.26 bits per heavy atom. The van der Waals surface area contributed by atoms with Crippen molar-refractivity contribution in [2.75, 3.05) is 5.32 Å². The molecule has 7 rings (SSSR count). The van der Waals surface area contributed by atoms with E-state index in [1.807, 2.05) is 91.0 Å². The minimum absolute atomic E-state index is 0.242. The molecular formula is C31H18ClN3O3. The molecule has 182 valence electrons. The number of nitrogens with zero attached hydrogens (tertiary/aromatic N) is 2. The first-order valence-corrected chi connectivity index (χ1v) is 12.3. The van der Waals surface area contributed by atoms with Gasteiger partial charge in [-0.15, -0.1) is 10.2 Å². The summed E-state index contributed by atoms with van der Waals surface area (Å²) in [6, 6.07) is 30.8. The Hall–Kier alpha value is -4.94. The van der Waals surface area contributed by atoms with Crippen molar-refractivity contribution < 1.29 is 13.6 Å². The predicted octanol–water partition coefficient (Wildman–Crippen LogP) is 7.42. The smallest absolute Gasteiger partial charge is 0.276 e. The Morgan fingerprint density at radius 1 is 0.684 bits per heavy atom. The van der Waals surface area contributed by atoms with Crippen molar-refractivity contribution in [1.29, 1.82) is 0 Å². The number of carbonyl (C=O) groups is 1. The van der Waals surface area contributed by atoms with Crippen LogP contribution in [0.1, 0.15) is 5.56 Å². The quantitative estimate of drug-likeness (QED) is 0.249. The molecule has 0 saturated carbocycles. The van der Waals surface area contributed by atoms with Gasteiger partial charge in [-0.1, -0.05) is 72.3 Å². The minimum atomic E-state index is -0.300. The highest BCUT2D eigenvalue weighted by atomic mass is 35.5. The molecule has 7 heteroatoms. The van der Waals surface area contributed by atoms with Gasteiger partial charge >= 0.3 is 0 Å². The first-order chi connectivity index (χ1) is 18.6. The summed E-state index contributed by atoms with van der Waals surface area (Å²) in [5.74, 6) is -0.300. The average molecular weight is 516 g/mol. The molecule has 2 aromatic heterocycles. The summed E-state index contributed by atoms with van der Waals surface area (Å²) in [5, 5.41) is 13.9. The Balaban J connectivity index is 1.44. The van der Waals surface area contributed by atoms with Gasteiger partial charge in [-0.2, -0.15) is 0 Å². The molecule has 4 aromatic carbocycles. The largest absolute Gasteiger partial charge is 0.464 e. The second-order valence-electron chi connectivity index (χ2n) is 8.91. The summed E-state index contributed by atoms with van der Waals surface area (Å²) in [7, 11) is 0. The molecule has 0 aliphatic carbocycles. The van der Waals surface area contributed by atoms with Gasteiger partial charge in [-0.25, -0.2) is 0 Å². The van der Waals surface area contributed by atoms with Crippen LogP contribution >= 0.6 is 11.6 Å². The van der Waals surface area contributed by atoms with Crippen LogP contribution in [0.3, 0.4) is 0 Å². The molecule has 0 saturated heterocycles. The first-order valence-electron chi connectivity index (χ1n) is 12.0. The predicted molar refractivity (Wildman–Crippen MR) is 149 cm³/mol. The molecule has 3 heterocycles. The van der Waals surface area contributed by atoms with Crippen LogP contribution in [0.25, 0.3) is 44.2 Å². The van der Waals surface area contributed by atoms with Crippen molar-refractivity contribution in [1.82, 2.24) is 0 Å². The van der Waals surface area contributed by atoms with Gasteiger partial charge in [0.1, 0.15) is 11.2 Å². The van der Waals surface area contributed by atoms with Crippen LogP contribution in [0.5, 0.6) is 0 Å². The number of hydrogen-bond donors (Lipinski definition) is 1. The third kappa shape index (κ3) is 3.79. The molecule has 6 nitrogen and oxygen atoms in total. The van der Waals surface area contributed by atoms with Crippen LogP contribution in [0.2, 0.25) is 5.02 Å². The number of rotatable bonds is 3. The van der Waals surface area contributed by atoms with Gasteiger partial charge in [-0.05, 0) is 41.0 Å². The van der Waals surface area contributed by atoms with Crippen molar-refractivity contribution >= 4 is 50.8 Å². The molecule has 1 aliphatic rings. The maximum Gasteiger partial charge on any atom is 0.276 e. The van der Waals surface area contributed by atoms with Crippen molar-refractivity contribution in [2.45, 2.75) is 0 Å². The van der Waals surface area contributed by atoms with E-state index in [2.05, 4.69) is 21.6 Å². The maximum absolute atomic E-state index is 12.5. The summed E-state index contributed by atoms with van der Waals surface area (Å²) in [5.41, 5.74) is 7.08. The Morgan fingerprint density at radius 2 is 1.42 bits per heavy atom. The molecule has 0 bridgehead atoms. The third-order valence-electron chi connectivity index (χ3n) is 6.58. The van der Waals surface area contributed by atoms with Gasteiger partial charge in [-0.3, -0.25) is 4.79 Å². The van der Waals surface area contributed by atoms with Crippen molar-refractivity contribution in [3.63, 3.8) is 0 Å². The molecule has 0 spiro atoms. The van der Waals surface area contributed by atoms with Crippen LogP contribution in [-0.4, -0.2) is 11.6 Å². The van der Waals surface area contributed by atoms with E-state index >= 15 is 0 Å². The summed E-state index contributed by atoms with van der Waals surface area (Å²) < 4.78 is 12.1. The van der Waals surface area contributed by atoms with Crippen LogP contribution in [-0.2, 0) is 4.79 Å². The van der Waals surface area contributed by atoms with E-state index < -0.39 is 0 Å². The number of anilines is 1. The van der Waals surface area contributed by atoms with Gasteiger partial charge in [0.15, 0.2) is 5.71 Å². The number of benzene rings is 4. The molecule has 1 aliphatic heterocycles. The summed E-state index contributed by atoms with van der Waals surface area (Å²) >= 11 is 6.10. The Labute approximate surface area is 221 Å². The fourth-order valence-corrected chi connectivity index (χ4v) is 4.88. The molecular weight excluding hydrogens is 498 g/mol. The summed E-state index contributed by atoms with van der Waals surface area (Å²) in [6.45, 7) is 0. The lowest BCUT2D eigenvalue weighted by Gasteiger charge is -2.07.